The van der Waals surface area contributed by atoms with Gasteiger partial charge in [-0.2, -0.15) is 12.6 Å². The second-order valence-electron chi connectivity index (χ2n) is 5.90. The van der Waals surface area contributed by atoms with Crippen LogP contribution in [0.3, 0.4) is 0 Å². The molecule has 0 aromatic heterocycles. The summed E-state index contributed by atoms with van der Waals surface area (Å²) in [5, 5.41) is 25.0. The molecule has 0 heterocycles. The van der Waals surface area contributed by atoms with Gasteiger partial charge in [0.15, 0.2) is 0 Å². The molecule has 0 aliphatic carbocycles. The van der Waals surface area contributed by atoms with E-state index in [4.69, 9.17) is 10.8 Å². The molecule has 10 nitrogen and oxygen atoms in total. The first kappa shape index (κ1) is 23.4. The number of aliphatic carboxylic acids is 1. The topological polar surface area (TPSA) is 171 Å². The summed E-state index contributed by atoms with van der Waals surface area (Å²) in [6, 6.07) is 5.34. The van der Waals surface area contributed by atoms with E-state index in [-0.39, 0.29) is 12.2 Å². The Bertz CT molecular complexity index is 687. The van der Waals surface area contributed by atoms with Crippen molar-refractivity contribution in [3.63, 3.8) is 0 Å². The summed E-state index contributed by atoms with van der Waals surface area (Å²) in [5.74, 6) is -3.40. The van der Waals surface area contributed by atoms with Crippen LogP contribution in [0.15, 0.2) is 30.3 Å². The fourth-order valence-corrected chi connectivity index (χ4v) is 2.34. The van der Waals surface area contributed by atoms with Crippen molar-refractivity contribution in [2.75, 3.05) is 18.9 Å². The van der Waals surface area contributed by atoms with Gasteiger partial charge in [0, 0.05) is 12.2 Å². The molecule has 28 heavy (non-hydrogen) atoms. The summed E-state index contributed by atoms with van der Waals surface area (Å²) in [6.07, 6.45) is 0.0836. The minimum Gasteiger partial charge on any atom is -0.480 e. The molecule has 0 bridgehead atoms. The van der Waals surface area contributed by atoms with Crippen molar-refractivity contribution in [2.45, 2.75) is 24.5 Å². The monoisotopic (exact) mass is 412 g/mol. The molecule has 0 saturated heterocycles. The minimum atomic E-state index is -1.33. The van der Waals surface area contributed by atoms with Crippen LogP contribution in [0.4, 0.5) is 0 Å². The maximum Gasteiger partial charge on any atom is 0.322 e. The molecule has 0 spiro atoms. The van der Waals surface area contributed by atoms with Gasteiger partial charge >= 0.3 is 5.97 Å². The van der Waals surface area contributed by atoms with Crippen LogP contribution in [0.2, 0.25) is 0 Å². The van der Waals surface area contributed by atoms with E-state index in [0.29, 0.717) is 0 Å². The molecule has 1 aromatic carbocycles. The molecule has 1 aromatic rings. The molecule has 0 saturated carbocycles. The van der Waals surface area contributed by atoms with Crippen LogP contribution < -0.4 is 21.7 Å². The lowest BCUT2D eigenvalue weighted by molar-refractivity contribution is -0.138. The lowest BCUT2D eigenvalue weighted by Gasteiger charge is -2.23. The number of rotatable bonds is 11. The van der Waals surface area contributed by atoms with Crippen molar-refractivity contribution < 1.29 is 29.4 Å². The van der Waals surface area contributed by atoms with Crippen molar-refractivity contribution in [2.24, 2.45) is 5.73 Å². The maximum atomic E-state index is 12.4. The number of thiol groups is 1. The van der Waals surface area contributed by atoms with E-state index < -0.39 is 55.0 Å². The normalized spacial score (nSPS) is 13.7. The van der Waals surface area contributed by atoms with Crippen molar-refractivity contribution in [1.29, 1.82) is 0 Å². The maximum absolute atomic E-state index is 12.4. The summed E-state index contributed by atoms with van der Waals surface area (Å²) >= 11 is 3.89. The standard InChI is InChI=1S/C17H24N4O6S/c18-11(9-28)15(25)21-13(8-22)17(27)20-12(16(26)19-7-14(23)24)6-10-4-2-1-3-5-10/h1-5,11-13,22,28H,6-9,18H2,(H,19,26)(H,20,27)(H,21,25)(H,23,24). The Hall–Kier alpha value is -2.63. The van der Waals surface area contributed by atoms with E-state index in [2.05, 4.69) is 28.6 Å². The van der Waals surface area contributed by atoms with Gasteiger partial charge in [-0.25, -0.2) is 0 Å². The van der Waals surface area contributed by atoms with Crippen molar-refractivity contribution in [3.8, 4) is 0 Å². The molecule has 0 aliphatic heterocycles. The Morgan fingerprint density at radius 1 is 1.00 bits per heavy atom. The summed E-state index contributed by atoms with van der Waals surface area (Å²) in [7, 11) is 0. The highest BCUT2D eigenvalue weighted by Gasteiger charge is 2.27. The van der Waals surface area contributed by atoms with Gasteiger partial charge in [0.1, 0.15) is 18.6 Å². The van der Waals surface area contributed by atoms with Crippen LogP contribution in [-0.2, 0) is 25.6 Å². The molecule has 11 heteroatoms. The molecule has 3 unspecified atom stereocenters. The second-order valence-corrected chi connectivity index (χ2v) is 6.26. The van der Waals surface area contributed by atoms with Gasteiger partial charge in [0.2, 0.25) is 17.7 Å². The molecule has 154 valence electrons. The number of carboxylic acid groups (broad SMARTS) is 1. The highest BCUT2D eigenvalue weighted by Crippen LogP contribution is 2.04. The number of hydrogen-bond donors (Lipinski definition) is 7. The van der Waals surface area contributed by atoms with E-state index in [1.807, 2.05) is 0 Å². The summed E-state index contributed by atoms with van der Waals surface area (Å²) in [5.41, 5.74) is 6.24. The SMILES string of the molecule is NC(CS)C(=O)NC(CO)C(=O)NC(Cc1ccccc1)C(=O)NCC(=O)O. The predicted molar refractivity (Wildman–Crippen MR) is 104 cm³/mol. The van der Waals surface area contributed by atoms with E-state index in [1.54, 1.807) is 30.3 Å². The van der Waals surface area contributed by atoms with Crippen LogP contribution in [0.5, 0.6) is 0 Å². The fraction of sp³-hybridized carbons (Fsp3) is 0.412. The Kier molecular flexibility index (Phi) is 9.99. The number of benzene rings is 1. The Labute approximate surface area is 167 Å². The lowest BCUT2D eigenvalue weighted by Crippen LogP contribution is -2.57. The van der Waals surface area contributed by atoms with Gasteiger partial charge in [-0.1, -0.05) is 30.3 Å². The largest absolute Gasteiger partial charge is 0.480 e. The van der Waals surface area contributed by atoms with Gasteiger partial charge < -0.3 is 31.9 Å². The van der Waals surface area contributed by atoms with Crippen LogP contribution in [0, 0.1) is 0 Å². The van der Waals surface area contributed by atoms with Crippen LogP contribution in [-0.4, -0.2) is 70.9 Å². The highest BCUT2D eigenvalue weighted by atomic mass is 32.1. The van der Waals surface area contributed by atoms with Crippen LogP contribution in [0.1, 0.15) is 5.56 Å². The Morgan fingerprint density at radius 2 is 1.61 bits per heavy atom. The zero-order valence-corrected chi connectivity index (χ0v) is 15.9. The van der Waals surface area contributed by atoms with Crippen LogP contribution >= 0.6 is 12.6 Å². The molecule has 0 aliphatic rings. The third-order valence-electron chi connectivity index (χ3n) is 3.68. The summed E-state index contributed by atoms with van der Waals surface area (Å²) in [4.78, 5) is 47.2. The second kappa shape index (κ2) is 12.0. The molecule has 0 radical (unpaired) electrons. The number of amides is 3. The third-order valence-corrected chi connectivity index (χ3v) is 4.07. The number of aliphatic hydroxyl groups is 1. The zero-order chi connectivity index (χ0) is 21.1. The van der Waals surface area contributed by atoms with E-state index >= 15 is 0 Å². The smallest absolute Gasteiger partial charge is 0.322 e. The van der Waals surface area contributed by atoms with E-state index in [1.165, 1.54) is 0 Å². The molecular formula is C17H24N4O6S. The quantitative estimate of drug-likeness (QED) is 0.199. The Balaban J connectivity index is 2.86. The van der Waals surface area contributed by atoms with Gasteiger partial charge in [0.25, 0.3) is 0 Å². The minimum absolute atomic E-state index is 0.0415. The van der Waals surface area contributed by atoms with Gasteiger partial charge in [-0.05, 0) is 5.56 Å². The first-order chi connectivity index (χ1) is 13.3. The lowest BCUT2D eigenvalue weighted by atomic mass is 10.0. The van der Waals surface area contributed by atoms with Crippen LogP contribution in [0.25, 0.3) is 0 Å². The van der Waals surface area contributed by atoms with Crippen molar-refractivity contribution in [1.82, 2.24) is 16.0 Å². The number of carbonyl (C=O) groups is 4. The van der Waals surface area contributed by atoms with Gasteiger partial charge in [-0.15, -0.1) is 0 Å². The molecular weight excluding hydrogens is 388 g/mol. The van der Waals surface area contributed by atoms with E-state index in [0.717, 1.165) is 5.56 Å². The fourth-order valence-electron chi connectivity index (χ4n) is 2.17. The number of aliphatic hydroxyl groups excluding tert-OH is 1. The van der Waals surface area contributed by atoms with E-state index in [9.17, 15) is 24.3 Å². The molecule has 3 atom stereocenters. The Morgan fingerprint density at radius 3 is 2.14 bits per heavy atom. The highest BCUT2D eigenvalue weighted by molar-refractivity contribution is 7.80. The third kappa shape index (κ3) is 7.94. The first-order valence-corrected chi connectivity index (χ1v) is 9.03. The molecule has 7 N–H and O–H groups in total. The predicted octanol–water partition coefficient (Wildman–Crippen LogP) is -2.35. The van der Waals surface area contributed by atoms with Gasteiger partial charge in [-0.3, -0.25) is 19.2 Å². The zero-order valence-electron chi connectivity index (χ0n) is 15.0. The summed E-state index contributed by atoms with van der Waals surface area (Å²) in [6.45, 7) is -1.33. The summed E-state index contributed by atoms with van der Waals surface area (Å²) < 4.78 is 0. The number of hydrogen-bond acceptors (Lipinski definition) is 7. The first-order valence-electron chi connectivity index (χ1n) is 8.40. The molecule has 0 fully saturated rings. The number of nitrogens with one attached hydrogen (secondary N) is 3. The average Bonchev–Trinajstić information content (AvgIpc) is 2.69. The van der Waals surface area contributed by atoms with Crippen molar-refractivity contribution in [3.05, 3.63) is 35.9 Å². The molecule has 1 rings (SSSR count). The number of carboxylic acids is 1. The molecule has 3 amide bonds. The number of carbonyl (C=O) groups excluding carboxylic acids is 3. The van der Waals surface area contributed by atoms with Gasteiger partial charge in [0.05, 0.1) is 12.6 Å². The average molecular weight is 412 g/mol. The number of nitrogens with two attached hydrogens (primary N) is 1. The van der Waals surface area contributed by atoms with Crippen molar-refractivity contribution >= 4 is 36.3 Å².